The van der Waals surface area contributed by atoms with Crippen molar-refractivity contribution in [2.24, 2.45) is 0 Å². The Morgan fingerprint density at radius 3 is 2.05 bits per heavy atom. The fourth-order valence-electron chi connectivity index (χ4n) is 2.24. The van der Waals surface area contributed by atoms with Crippen LogP contribution < -0.4 is 5.32 Å². The summed E-state index contributed by atoms with van der Waals surface area (Å²) in [6, 6.07) is 13.7. The smallest absolute Gasteiger partial charge is 0.251 e. The van der Waals surface area contributed by atoms with Crippen molar-refractivity contribution in [3.05, 3.63) is 71.0 Å². The van der Waals surface area contributed by atoms with Gasteiger partial charge in [0.25, 0.3) is 5.91 Å². The van der Waals surface area contributed by atoms with E-state index in [-0.39, 0.29) is 23.2 Å². The van der Waals surface area contributed by atoms with Gasteiger partial charge in [-0.05, 0) is 47.7 Å². The van der Waals surface area contributed by atoms with Crippen molar-refractivity contribution in [3.8, 4) is 0 Å². The van der Waals surface area contributed by atoms with E-state index in [1.165, 1.54) is 29.8 Å². The molecule has 0 fully saturated rings. The predicted octanol–water partition coefficient (Wildman–Crippen LogP) is 4.61. The molecule has 0 aliphatic heterocycles. The zero-order valence-corrected chi connectivity index (χ0v) is 13.5. The molecule has 2 rings (SSSR count). The van der Waals surface area contributed by atoms with Crippen molar-refractivity contribution in [1.82, 2.24) is 5.32 Å². The number of hydrogen-bond donors (Lipinski definition) is 1. The molecule has 0 spiro atoms. The van der Waals surface area contributed by atoms with E-state index in [0.717, 1.165) is 5.56 Å². The monoisotopic (exact) mass is 299 g/mol. The van der Waals surface area contributed by atoms with Crippen molar-refractivity contribution in [2.45, 2.75) is 39.2 Å². The Hall–Kier alpha value is -2.16. The van der Waals surface area contributed by atoms with E-state index in [1.54, 1.807) is 0 Å². The van der Waals surface area contributed by atoms with E-state index in [4.69, 9.17) is 0 Å². The van der Waals surface area contributed by atoms with Crippen LogP contribution in [0.25, 0.3) is 0 Å². The molecule has 0 saturated carbocycles. The average molecular weight is 299 g/mol. The summed E-state index contributed by atoms with van der Waals surface area (Å²) in [5.74, 6) is -0.547. The molecule has 0 saturated heterocycles. The number of amides is 1. The summed E-state index contributed by atoms with van der Waals surface area (Å²) in [5, 5.41) is 2.93. The van der Waals surface area contributed by atoms with Gasteiger partial charge in [0.05, 0.1) is 6.04 Å². The highest BCUT2D eigenvalue weighted by molar-refractivity contribution is 5.94. The van der Waals surface area contributed by atoms with Gasteiger partial charge in [-0.25, -0.2) is 4.39 Å². The molecule has 1 amide bonds. The van der Waals surface area contributed by atoms with Crippen molar-refractivity contribution in [2.75, 3.05) is 0 Å². The molecule has 3 heteroatoms. The normalized spacial score (nSPS) is 12.8. The molecule has 116 valence electrons. The van der Waals surface area contributed by atoms with Gasteiger partial charge in [0.2, 0.25) is 0 Å². The summed E-state index contributed by atoms with van der Waals surface area (Å²) in [6.45, 7) is 8.44. The Kier molecular flexibility index (Phi) is 4.65. The molecule has 0 radical (unpaired) electrons. The first-order valence-corrected chi connectivity index (χ1v) is 7.44. The number of hydrogen-bond acceptors (Lipinski definition) is 1. The number of rotatable bonds is 3. The lowest BCUT2D eigenvalue weighted by Crippen LogP contribution is -2.26. The molecule has 22 heavy (non-hydrogen) atoms. The Bertz CT molecular complexity index is 639. The Balaban J connectivity index is 2.07. The SMILES string of the molecule is C[C@@H](NC(=O)c1ccc(F)cc1)c1ccc(C(C)(C)C)cc1. The number of nitrogens with one attached hydrogen (secondary N) is 1. The topological polar surface area (TPSA) is 29.1 Å². The molecule has 0 aromatic heterocycles. The van der Waals surface area contributed by atoms with E-state index < -0.39 is 0 Å². The lowest BCUT2D eigenvalue weighted by Gasteiger charge is -2.20. The molecule has 1 atom stereocenters. The molecule has 0 bridgehead atoms. The number of carbonyl (C=O) groups is 1. The van der Waals surface area contributed by atoms with Crippen LogP contribution in [0.5, 0.6) is 0 Å². The summed E-state index contributed by atoms with van der Waals surface area (Å²) in [5.41, 5.74) is 2.87. The largest absolute Gasteiger partial charge is 0.346 e. The Labute approximate surface area is 131 Å². The molecule has 2 aromatic carbocycles. The zero-order valence-electron chi connectivity index (χ0n) is 13.5. The molecule has 0 heterocycles. The lowest BCUT2D eigenvalue weighted by molar-refractivity contribution is 0.0940. The van der Waals surface area contributed by atoms with E-state index in [2.05, 4.69) is 38.2 Å². The minimum Gasteiger partial charge on any atom is -0.346 e. The number of halogens is 1. The number of benzene rings is 2. The van der Waals surface area contributed by atoms with Crippen LogP contribution >= 0.6 is 0 Å². The highest BCUT2D eigenvalue weighted by atomic mass is 19.1. The van der Waals surface area contributed by atoms with Crippen LogP contribution in [0.4, 0.5) is 4.39 Å². The summed E-state index contributed by atoms with van der Waals surface area (Å²) in [7, 11) is 0. The molecule has 2 aromatic rings. The van der Waals surface area contributed by atoms with E-state index >= 15 is 0 Å². The van der Waals surface area contributed by atoms with Gasteiger partial charge in [0, 0.05) is 5.56 Å². The third-order valence-electron chi connectivity index (χ3n) is 3.73. The minimum absolute atomic E-state index is 0.105. The zero-order chi connectivity index (χ0) is 16.3. The third-order valence-corrected chi connectivity index (χ3v) is 3.73. The van der Waals surface area contributed by atoms with Gasteiger partial charge in [0.15, 0.2) is 0 Å². The van der Waals surface area contributed by atoms with Crippen LogP contribution in [-0.4, -0.2) is 5.91 Å². The summed E-state index contributed by atoms with van der Waals surface area (Å²) < 4.78 is 12.9. The summed E-state index contributed by atoms with van der Waals surface area (Å²) in [4.78, 5) is 12.1. The van der Waals surface area contributed by atoms with Crippen molar-refractivity contribution < 1.29 is 9.18 Å². The molecular weight excluding hydrogens is 277 g/mol. The van der Waals surface area contributed by atoms with Crippen molar-refractivity contribution >= 4 is 5.91 Å². The first-order chi connectivity index (χ1) is 10.3. The second-order valence-electron chi connectivity index (χ2n) is 6.57. The average Bonchev–Trinajstić information content (AvgIpc) is 2.47. The van der Waals surface area contributed by atoms with Gasteiger partial charge in [-0.15, -0.1) is 0 Å². The number of carbonyl (C=O) groups excluding carboxylic acids is 1. The standard InChI is InChI=1S/C19H22FNO/c1-13(14-5-9-16(10-6-14)19(2,3)4)21-18(22)15-7-11-17(20)12-8-15/h5-13H,1-4H3,(H,21,22)/t13-/m1/s1. The molecule has 2 nitrogen and oxygen atoms in total. The maximum atomic E-state index is 12.9. The van der Waals surface area contributed by atoms with Crippen LogP contribution in [0.15, 0.2) is 48.5 Å². The van der Waals surface area contributed by atoms with Gasteiger partial charge in [-0.1, -0.05) is 45.0 Å². The Morgan fingerprint density at radius 2 is 1.55 bits per heavy atom. The maximum Gasteiger partial charge on any atom is 0.251 e. The van der Waals surface area contributed by atoms with E-state index in [1.807, 2.05) is 19.1 Å². The predicted molar refractivity (Wildman–Crippen MR) is 87.4 cm³/mol. The second kappa shape index (κ2) is 6.30. The van der Waals surface area contributed by atoms with Crippen LogP contribution in [0.3, 0.4) is 0 Å². The van der Waals surface area contributed by atoms with Crippen LogP contribution in [0.1, 0.15) is 55.2 Å². The molecule has 0 aliphatic rings. The molecule has 1 N–H and O–H groups in total. The summed E-state index contributed by atoms with van der Waals surface area (Å²) in [6.07, 6.45) is 0. The van der Waals surface area contributed by atoms with Crippen molar-refractivity contribution in [1.29, 1.82) is 0 Å². The van der Waals surface area contributed by atoms with E-state index in [0.29, 0.717) is 5.56 Å². The van der Waals surface area contributed by atoms with Crippen LogP contribution in [-0.2, 0) is 5.41 Å². The first-order valence-electron chi connectivity index (χ1n) is 7.44. The lowest BCUT2D eigenvalue weighted by atomic mass is 9.86. The van der Waals surface area contributed by atoms with Crippen LogP contribution in [0.2, 0.25) is 0 Å². The van der Waals surface area contributed by atoms with Gasteiger partial charge >= 0.3 is 0 Å². The van der Waals surface area contributed by atoms with Gasteiger partial charge in [-0.2, -0.15) is 0 Å². The van der Waals surface area contributed by atoms with Crippen LogP contribution in [0, 0.1) is 5.82 Å². The Morgan fingerprint density at radius 1 is 1.00 bits per heavy atom. The van der Waals surface area contributed by atoms with Gasteiger partial charge < -0.3 is 5.32 Å². The third kappa shape index (κ3) is 3.94. The molecule has 0 unspecified atom stereocenters. The van der Waals surface area contributed by atoms with E-state index in [9.17, 15) is 9.18 Å². The maximum absolute atomic E-state index is 12.9. The fourth-order valence-corrected chi connectivity index (χ4v) is 2.24. The minimum atomic E-state index is -0.345. The van der Waals surface area contributed by atoms with Crippen molar-refractivity contribution in [3.63, 3.8) is 0 Å². The highest BCUT2D eigenvalue weighted by Crippen LogP contribution is 2.24. The highest BCUT2D eigenvalue weighted by Gasteiger charge is 2.15. The molecular formula is C19H22FNO. The quantitative estimate of drug-likeness (QED) is 0.880. The fraction of sp³-hybridized carbons (Fsp3) is 0.316. The van der Waals surface area contributed by atoms with Gasteiger partial charge in [0.1, 0.15) is 5.82 Å². The first kappa shape index (κ1) is 16.2. The second-order valence-corrected chi connectivity index (χ2v) is 6.57. The van der Waals surface area contributed by atoms with Gasteiger partial charge in [-0.3, -0.25) is 4.79 Å². The summed E-state index contributed by atoms with van der Waals surface area (Å²) >= 11 is 0. The molecule has 0 aliphatic carbocycles.